The Labute approximate surface area is 219 Å². The number of rotatable bonds is 10. The number of nitrogens with two attached hydrogens (primary N) is 1. The molecular formula is C27H30FN7O3. The molecule has 11 heteroatoms. The number of fused-ring (bicyclic) bond motifs is 1. The number of hydrogen-bond donors (Lipinski definition) is 3. The molecule has 4 N–H and O–H groups in total. The molecule has 0 aliphatic rings. The van der Waals surface area contributed by atoms with Gasteiger partial charge in [0.05, 0.1) is 37.1 Å². The van der Waals surface area contributed by atoms with Crippen molar-refractivity contribution in [2.24, 2.45) is 0 Å². The summed E-state index contributed by atoms with van der Waals surface area (Å²) in [5, 5.41) is 12.2. The average molecular weight is 520 g/mol. The van der Waals surface area contributed by atoms with Crippen LogP contribution in [0.15, 0.2) is 47.5 Å². The van der Waals surface area contributed by atoms with Crippen molar-refractivity contribution in [3.63, 3.8) is 0 Å². The molecule has 4 rings (SSSR count). The predicted octanol–water partition coefficient (Wildman–Crippen LogP) is 4.31. The van der Waals surface area contributed by atoms with Gasteiger partial charge in [0.15, 0.2) is 11.5 Å². The highest BCUT2D eigenvalue weighted by Gasteiger charge is 2.24. The number of halogens is 1. The van der Waals surface area contributed by atoms with Gasteiger partial charge in [-0.1, -0.05) is 19.9 Å². The zero-order chi connectivity index (χ0) is 27.4. The number of nitrogens with one attached hydrogen (secondary N) is 2. The summed E-state index contributed by atoms with van der Waals surface area (Å²) in [4.78, 5) is 26.5. The number of nitrogens with zero attached hydrogens (tertiary/aromatic N) is 4. The highest BCUT2D eigenvalue weighted by Crippen LogP contribution is 2.31. The average Bonchev–Trinajstić information content (AvgIpc) is 2.92. The minimum Gasteiger partial charge on any atom is -0.493 e. The molecule has 10 nitrogen and oxygen atoms in total. The fourth-order valence-electron chi connectivity index (χ4n) is 4.35. The summed E-state index contributed by atoms with van der Waals surface area (Å²) in [7, 11) is 3.05. The Morgan fingerprint density at radius 1 is 1.16 bits per heavy atom. The highest BCUT2D eigenvalue weighted by molar-refractivity contribution is 6.16. The molecule has 1 unspecified atom stereocenters. The van der Waals surface area contributed by atoms with Gasteiger partial charge in [0.2, 0.25) is 0 Å². The minimum atomic E-state index is -0.605. The molecule has 2 heterocycles. The third kappa shape index (κ3) is 4.86. The molecule has 38 heavy (non-hydrogen) atoms. The van der Waals surface area contributed by atoms with Crippen molar-refractivity contribution in [3.05, 3.63) is 75.8 Å². The van der Waals surface area contributed by atoms with Gasteiger partial charge in [0.1, 0.15) is 35.0 Å². The van der Waals surface area contributed by atoms with Crippen LogP contribution in [0.25, 0.3) is 10.9 Å². The van der Waals surface area contributed by atoms with Gasteiger partial charge in [-0.25, -0.2) is 19.3 Å². The summed E-state index contributed by atoms with van der Waals surface area (Å²) >= 11 is 0. The quantitative estimate of drug-likeness (QED) is 0.263. The fraction of sp³-hybridized carbons (Fsp3) is 0.296. The maximum absolute atomic E-state index is 14.5. The van der Waals surface area contributed by atoms with Gasteiger partial charge < -0.3 is 20.5 Å². The van der Waals surface area contributed by atoms with Crippen LogP contribution in [-0.2, 0) is 6.54 Å². The number of methoxy groups -OCH3 is 2. The zero-order valence-corrected chi connectivity index (χ0v) is 21.7. The molecule has 198 valence electrons. The van der Waals surface area contributed by atoms with Gasteiger partial charge in [0, 0.05) is 12.1 Å². The molecule has 2 aromatic heterocycles. The van der Waals surface area contributed by atoms with Crippen LogP contribution in [0.2, 0.25) is 0 Å². The summed E-state index contributed by atoms with van der Waals surface area (Å²) in [6.45, 7) is 4.23. The van der Waals surface area contributed by atoms with E-state index in [4.69, 9.17) is 20.6 Å². The van der Waals surface area contributed by atoms with Crippen LogP contribution in [0.5, 0.6) is 11.5 Å². The van der Waals surface area contributed by atoms with E-state index >= 15 is 0 Å². The number of nitrogen functional groups attached to an aromatic ring is 1. The van der Waals surface area contributed by atoms with Crippen LogP contribution in [0.3, 0.4) is 0 Å². The third-order valence-electron chi connectivity index (χ3n) is 6.24. The van der Waals surface area contributed by atoms with Crippen molar-refractivity contribution in [1.29, 1.82) is 5.41 Å². The second kappa shape index (κ2) is 11.2. The first-order valence-corrected chi connectivity index (χ1v) is 12.2. The Hall–Kier alpha value is -4.54. The Kier molecular flexibility index (Phi) is 7.85. The molecule has 4 aromatic rings. The van der Waals surface area contributed by atoms with Gasteiger partial charge in [-0.3, -0.25) is 14.8 Å². The van der Waals surface area contributed by atoms with E-state index in [2.05, 4.69) is 20.3 Å². The van der Waals surface area contributed by atoms with E-state index in [9.17, 15) is 9.18 Å². The van der Waals surface area contributed by atoms with Crippen molar-refractivity contribution in [2.75, 3.05) is 25.3 Å². The predicted molar refractivity (Wildman–Crippen MR) is 145 cm³/mol. The van der Waals surface area contributed by atoms with Crippen LogP contribution in [-0.4, -0.2) is 39.5 Å². The Bertz CT molecular complexity index is 1550. The van der Waals surface area contributed by atoms with Crippen molar-refractivity contribution in [3.8, 4) is 11.5 Å². The molecule has 0 saturated carbocycles. The standard InChI is InChI=1S/C27H30FN7O3/c1-5-12-35-26(34-18-9-7-8-16(28)21(18)27(35)36)17(6-2)33-25-22(24(30)31-14-32-25)23(29)15-10-11-19(37-3)20(13-15)38-4/h7-11,13-14,17,29H,5-6,12H2,1-4H3,(H3,30,31,32,33). The molecule has 0 bridgehead atoms. The molecule has 0 spiro atoms. The first kappa shape index (κ1) is 26.5. The number of aromatic nitrogens is 4. The number of hydrogen-bond acceptors (Lipinski definition) is 9. The maximum atomic E-state index is 14.5. The van der Waals surface area contributed by atoms with Crippen molar-refractivity contribution in [2.45, 2.75) is 39.3 Å². The molecule has 0 aliphatic carbocycles. The second-order valence-electron chi connectivity index (χ2n) is 8.59. The first-order valence-electron chi connectivity index (χ1n) is 12.2. The first-order chi connectivity index (χ1) is 18.3. The second-order valence-corrected chi connectivity index (χ2v) is 8.59. The van der Waals surface area contributed by atoms with Crippen LogP contribution in [0.4, 0.5) is 16.0 Å². The summed E-state index contributed by atoms with van der Waals surface area (Å²) in [6.07, 6.45) is 2.47. The van der Waals surface area contributed by atoms with E-state index in [1.807, 2.05) is 13.8 Å². The van der Waals surface area contributed by atoms with Crippen molar-refractivity contribution in [1.82, 2.24) is 19.5 Å². The molecule has 2 aromatic carbocycles. The number of anilines is 2. The van der Waals surface area contributed by atoms with Crippen LogP contribution in [0, 0.1) is 11.2 Å². The maximum Gasteiger partial charge on any atom is 0.264 e. The highest BCUT2D eigenvalue weighted by atomic mass is 19.1. The molecule has 0 aliphatic heterocycles. The van der Waals surface area contributed by atoms with Crippen LogP contribution < -0.4 is 26.1 Å². The van der Waals surface area contributed by atoms with Gasteiger partial charge in [0.25, 0.3) is 5.56 Å². The normalized spacial score (nSPS) is 11.8. The summed E-state index contributed by atoms with van der Waals surface area (Å²) in [5.41, 5.74) is 6.94. The molecule has 0 radical (unpaired) electrons. The van der Waals surface area contributed by atoms with Crippen LogP contribution in [0.1, 0.15) is 49.7 Å². The Balaban J connectivity index is 1.81. The van der Waals surface area contributed by atoms with Crippen molar-refractivity contribution >= 4 is 28.3 Å². The SMILES string of the molecule is CCCn1c(C(CC)Nc2ncnc(N)c2C(=N)c2ccc(OC)c(OC)c2)nc2cccc(F)c2c1=O. The summed E-state index contributed by atoms with van der Waals surface area (Å²) in [5.74, 6) is 1.24. The van der Waals surface area contributed by atoms with Gasteiger partial charge >= 0.3 is 0 Å². The summed E-state index contributed by atoms with van der Waals surface area (Å²) in [6, 6.07) is 9.00. The monoisotopic (exact) mass is 519 g/mol. The van der Waals surface area contributed by atoms with E-state index in [1.54, 1.807) is 24.3 Å². The largest absolute Gasteiger partial charge is 0.493 e. The molecule has 0 fully saturated rings. The lowest BCUT2D eigenvalue weighted by molar-refractivity contribution is 0.355. The van der Waals surface area contributed by atoms with Gasteiger partial charge in [-0.05, 0) is 43.2 Å². The minimum absolute atomic E-state index is 0.0400. The van der Waals surface area contributed by atoms with E-state index in [-0.39, 0.29) is 28.0 Å². The lowest BCUT2D eigenvalue weighted by atomic mass is 10.0. The third-order valence-corrected chi connectivity index (χ3v) is 6.24. The van der Waals surface area contributed by atoms with Crippen LogP contribution >= 0.6 is 0 Å². The topological polar surface area (TPSA) is 141 Å². The molecule has 0 saturated heterocycles. The molecule has 0 amide bonds. The van der Waals surface area contributed by atoms with E-state index in [1.165, 1.54) is 37.2 Å². The lowest BCUT2D eigenvalue weighted by Gasteiger charge is -2.23. The number of benzene rings is 2. The zero-order valence-electron chi connectivity index (χ0n) is 21.7. The van der Waals surface area contributed by atoms with E-state index < -0.39 is 17.4 Å². The summed E-state index contributed by atoms with van der Waals surface area (Å²) < 4.78 is 26.7. The van der Waals surface area contributed by atoms with Gasteiger partial charge in [-0.15, -0.1) is 0 Å². The van der Waals surface area contributed by atoms with E-state index in [0.29, 0.717) is 48.1 Å². The van der Waals surface area contributed by atoms with Gasteiger partial charge in [-0.2, -0.15) is 0 Å². The molecule has 1 atom stereocenters. The Morgan fingerprint density at radius 3 is 2.61 bits per heavy atom. The van der Waals surface area contributed by atoms with E-state index in [0.717, 1.165) is 0 Å². The smallest absolute Gasteiger partial charge is 0.264 e. The Morgan fingerprint density at radius 2 is 1.92 bits per heavy atom. The fourth-order valence-corrected chi connectivity index (χ4v) is 4.35. The lowest BCUT2D eigenvalue weighted by Crippen LogP contribution is -2.30. The van der Waals surface area contributed by atoms with Crippen molar-refractivity contribution < 1.29 is 13.9 Å². The number of ether oxygens (including phenoxy) is 2. The molecular weight excluding hydrogens is 489 g/mol.